The minimum Gasteiger partial charge on any atom is -0.455 e. The smallest absolute Gasteiger partial charge is 0.333 e. The number of anilines is 3. The van der Waals surface area contributed by atoms with Gasteiger partial charge in [-0.15, -0.1) is 0 Å². The number of nitrogens with zero attached hydrogens (tertiary/aromatic N) is 2. The molecule has 14 rings (SSSR count). The maximum Gasteiger partial charge on any atom is 0.333 e. The van der Waals surface area contributed by atoms with E-state index in [2.05, 4.69) is 197 Å². The Labute approximate surface area is 329 Å². The zero-order chi connectivity index (χ0) is 37.0. The van der Waals surface area contributed by atoms with Crippen molar-refractivity contribution in [3.63, 3.8) is 0 Å². The lowest BCUT2D eigenvalue weighted by Crippen LogP contribution is -2.78. The summed E-state index contributed by atoms with van der Waals surface area (Å²) in [6, 6.07) is 70.7. The van der Waals surface area contributed by atoms with Crippen LogP contribution in [0.2, 0.25) is 0 Å². The number of para-hydroxylation sites is 4. The molecule has 3 nitrogen and oxygen atoms in total. The minimum atomic E-state index is -2.86. The average Bonchev–Trinajstić information content (AvgIpc) is 3.83. The summed E-state index contributed by atoms with van der Waals surface area (Å²) < 4.78 is 9.72. The van der Waals surface area contributed by atoms with Crippen LogP contribution in [0.25, 0.3) is 65.6 Å². The molecule has 0 aliphatic carbocycles. The molecule has 0 bridgehead atoms. The number of fused-ring (bicyclic) bond motifs is 15. The number of aromatic nitrogens is 1. The van der Waals surface area contributed by atoms with E-state index in [4.69, 9.17) is 4.42 Å². The fourth-order valence-corrected chi connectivity index (χ4v) is 16.5. The van der Waals surface area contributed by atoms with Gasteiger partial charge in [-0.05, 0) is 55.3 Å². The first kappa shape index (κ1) is 30.2. The molecule has 0 N–H and O–H groups in total. The van der Waals surface area contributed by atoms with Crippen LogP contribution in [0.5, 0.6) is 0 Å². The van der Waals surface area contributed by atoms with Gasteiger partial charge in [-0.25, -0.2) is 0 Å². The van der Waals surface area contributed by atoms with E-state index in [1.165, 1.54) is 92.4 Å². The number of furan rings is 1. The topological polar surface area (TPSA) is 21.3 Å². The lowest BCUT2D eigenvalue weighted by molar-refractivity contribution is 0.670. The van der Waals surface area contributed by atoms with Gasteiger partial charge in [0, 0.05) is 66.2 Å². The summed E-state index contributed by atoms with van der Waals surface area (Å²) in [7, 11) is -2.86. The summed E-state index contributed by atoms with van der Waals surface area (Å²) in [6.07, 6.45) is 0. The Bertz CT molecular complexity index is 3510. The van der Waals surface area contributed by atoms with Crippen molar-refractivity contribution in [2.45, 2.75) is 0 Å². The third kappa shape index (κ3) is 3.52. The standard InChI is InChI=1S/C52H31BN2OSi/c1-3-16-33(17-4-1)57(34-18-5-2-6-19-34)45-27-12-10-25-42(45)54-43-31-40-36-21-9-11-26-44(36)56-52(40)47-39-23-13-22-37-38-30-29-32-15-7-8-20-35(32)49(38)55(50(37)39)53(48(43)47)41-24-14-28-46(57)51(41)54/h1-31H. The van der Waals surface area contributed by atoms with Gasteiger partial charge in [-0.1, -0.05) is 170 Å². The maximum atomic E-state index is 7.01. The van der Waals surface area contributed by atoms with Crippen molar-refractivity contribution in [3.05, 3.63) is 188 Å². The lowest BCUT2D eigenvalue weighted by atomic mass is 9.45. The molecule has 0 atom stereocenters. The molecule has 0 spiro atoms. The SMILES string of the molecule is c1ccc([Si]2(c3ccccc3)c3ccccc3N3c4cc5c(oc6ccccc65)c5c4B(c4cccc2c43)n2c3c-5cccc3c3ccc4ccccc4c32)cc1. The van der Waals surface area contributed by atoms with Crippen LogP contribution in [0, 0.1) is 0 Å². The Morgan fingerprint density at radius 2 is 1.14 bits per heavy atom. The molecule has 3 aliphatic rings. The second kappa shape index (κ2) is 10.6. The van der Waals surface area contributed by atoms with Gasteiger partial charge in [0.1, 0.15) is 11.2 Å². The quantitative estimate of drug-likeness (QED) is 0.165. The maximum absolute atomic E-state index is 7.01. The molecular formula is C52H31BN2OSi. The zero-order valence-electron chi connectivity index (χ0n) is 30.8. The van der Waals surface area contributed by atoms with Crippen molar-refractivity contribution < 1.29 is 4.42 Å². The van der Waals surface area contributed by atoms with E-state index >= 15 is 0 Å². The normalized spacial score (nSPS) is 14.4. The largest absolute Gasteiger partial charge is 0.455 e. The molecule has 2 aromatic heterocycles. The Kier molecular flexibility index (Phi) is 5.62. The van der Waals surface area contributed by atoms with Crippen LogP contribution < -0.4 is 36.6 Å². The number of rotatable bonds is 2. The van der Waals surface area contributed by atoms with Gasteiger partial charge >= 0.3 is 6.85 Å². The Morgan fingerprint density at radius 1 is 0.474 bits per heavy atom. The molecule has 9 aromatic carbocycles. The van der Waals surface area contributed by atoms with E-state index in [0.717, 1.165) is 21.9 Å². The molecule has 262 valence electrons. The van der Waals surface area contributed by atoms with Crippen LogP contribution in [0.4, 0.5) is 17.1 Å². The fraction of sp³-hybridized carbons (Fsp3) is 0. The van der Waals surface area contributed by atoms with Crippen LogP contribution in [-0.4, -0.2) is 19.4 Å². The average molecular weight is 739 g/mol. The van der Waals surface area contributed by atoms with Gasteiger partial charge in [0.2, 0.25) is 0 Å². The highest BCUT2D eigenvalue weighted by atomic mass is 28.3. The first-order valence-electron chi connectivity index (χ1n) is 19.9. The van der Waals surface area contributed by atoms with E-state index in [1.54, 1.807) is 0 Å². The molecule has 5 heterocycles. The highest BCUT2D eigenvalue weighted by Gasteiger charge is 2.53. The summed E-state index contributed by atoms with van der Waals surface area (Å²) >= 11 is 0. The van der Waals surface area contributed by atoms with Crippen LogP contribution in [0.1, 0.15) is 0 Å². The van der Waals surface area contributed by atoms with E-state index in [0.29, 0.717) is 0 Å². The fourth-order valence-electron chi connectivity index (χ4n) is 11.3. The molecular weight excluding hydrogens is 707 g/mol. The molecule has 0 amide bonds. The van der Waals surface area contributed by atoms with Crippen molar-refractivity contribution in [1.29, 1.82) is 0 Å². The molecule has 3 aliphatic heterocycles. The first-order chi connectivity index (χ1) is 28.3. The summed E-state index contributed by atoms with van der Waals surface area (Å²) in [5.74, 6) is 0. The van der Waals surface area contributed by atoms with Gasteiger partial charge in [0.15, 0.2) is 8.07 Å². The highest BCUT2D eigenvalue weighted by Crippen LogP contribution is 2.50. The van der Waals surface area contributed by atoms with Gasteiger partial charge in [-0.2, -0.15) is 0 Å². The number of hydrogen-bond acceptors (Lipinski definition) is 2. The van der Waals surface area contributed by atoms with Gasteiger partial charge in [-0.3, -0.25) is 0 Å². The lowest BCUT2D eigenvalue weighted by Gasteiger charge is -2.49. The highest BCUT2D eigenvalue weighted by molar-refractivity contribution is 7.21. The van der Waals surface area contributed by atoms with Crippen LogP contribution >= 0.6 is 0 Å². The summed E-state index contributed by atoms with van der Waals surface area (Å²) in [6.45, 7) is -0.0944. The molecule has 0 fully saturated rings. The monoisotopic (exact) mass is 738 g/mol. The Morgan fingerprint density at radius 3 is 1.98 bits per heavy atom. The molecule has 11 aromatic rings. The van der Waals surface area contributed by atoms with Crippen molar-refractivity contribution in [2.24, 2.45) is 0 Å². The van der Waals surface area contributed by atoms with E-state index in [9.17, 15) is 0 Å². The van der Waals surface area contributed by atoms with E-state index in [1.807, 2.05) is 0 Å². The van der Waals surface area contributed by atoms with E-state index in [-0.39, 0.29) is 6.85 Å². The molecule has 0 unspecified atom stereocenters. The van der Waals surface area contributed by atoms with Crippen LogP contribution in [0.15, 0.2) is 192 Å². The van der Waals surface area contributed by atoms with E-state index < -0.39 is 8.07 Å². The molecule has 57 heavy (non-hydrogen) atoms. The number of benzene rings is 9. The predicted octanol–water partition coefficient (Wildman–Crippen LogP) is 8.96. The zero-order valence-corrected chi connectivity index (χ0v) is 31.8. The van der Waals surface area contributed by atoms with Crippen LogP contribution in [-0.2, 0) is 0 Å². The van der Waals surface area contributed by atoms with Gasteiger partial charge in [0.25, 0.3) is 0 Å². The summed E-state index contributed by atoms with van der Waals surface area (Å²) in [4.78, 5) is 2.64. The Hall–Kier alpha value is -7.08. The molecule has 5 heteroatoms. The first-order valence-corrected chi connectivity index (χ1v) is 21.9. The van der Waals surface area contributed by atoms with Crippen molar-refractivity contribution in [1.82, 2.24) is 4.48 Å². The van der Waals surface area contributed by atoms with Gasteiger partial charge < -0.3 is 13.8 Å². The second-order valence-electron chi connectivity index (χ2n) is 15.9. The molecule has 0 radical (unpaired) electrons. The third-order valence-electron chi connectivity index (χ3n) is 13.4. The second-order valence-corrected chi connectivity index (χ2v) is 19.6. The van der Waals surface area contributed by atoms with Crippen molar-refractivity contribution >= 4 is 118 Å². The molecule has 0 saturated heterocycles. The molecule has 0 saturated carbocycles. The summed E-state index contributed by atoms with van der Waals surface area (Å²) in [5, 5.41) is 13.0. The van der Waals surface area contributed by atoms with Crippen molar-refractivity contribution in [3.8, 4) is 11.1 Å². The minimum absolute atomic E-state index is 0.0944. The van der Waals surface area contributed by atoms with Crippen LogP contribution in [0.3, 0.4) is 0 Å². The Balaban J connectivity index is 1.24. The number of hydrogen-bond donors (Lipinski definition) is 0. The van der Waals surface area contributed by atoms with Crippen molar-refractivity contribution in [2.75, 3.05) is 4.90 Å². The van der Waals surface area contributed by atoms with Gasteiger partial charge in [0.05, 0.1) is 0 Å². The third-order valence-corrected chi connectivity index (χ3v) is 18.2. The summed E-state index contributed by atoms with van der Waals surface area (Å²) in [5.41, 5.74) is 13.3. The predicted molar refractivity (Wildman–Crippen MR) is 242 cm³/mol.